The average Bonchev–Trinajstić information content (AvgIpc) is 3.33. The van der Waals surface area contributed by atoms with Crippen LogP contribution in [0.4, 0.5) is 5.82 Å². The van der Waals surface area contributed by atoms with Gasteiger partial charge in [0.2, 0.25) is 0 Å². The van der Waals surface area contributed by atoms with Crippen molar-refractivity contribution in [2.24, 2.45) is 0 Å². The molecule has 0 bridgehead atoms. The lowest BCUT2D eigenvalue weighted by Gasteiger charge is -2.28. The average molecular weight is 507 g/mol. The van der Waals surface area contributed by atoms with Crippen molar-refractivity contribution in [2.75, 3.05) is 50.1 Å². The Hall–Kier alpha value is -3.37. The first-order valence-electron chi connectivity index (χ1n) is 12.3. The highest BCUT2D eigenvalue weighted by atomic mass is 32.2. The van der Waals surface area contributed by atoms with Gasteiger partial charge in [-0.1, -0.05) is 49.0 Å². The zero-order valence-corrected chi connectivity index (χ0v) is 21.2. The van der Waals surface area contributed by atoms with E-state index in [4.69, 9.17) is 19.4 Å². The van der Waals surface area contributed by atoms with Crippen LogP contribution in [0.5, 0.6) is 5.75 Å². The van der Waals surface area contributed by atoms with Crippen LogP contribution >= 0.6 is 11.8 Å². The molecule has 1 N–H and O–H groups in total. The molecule has 36 heavy (non-hydrogen) atoms. The molecule has 3 heterocycles. The Kier molecular flexibility index (Phi) is 7.82. The number of fused-ring (bicyclic) bond motifs is 2. The molecule has 0 saturated carbocycles. The molecule has 10 heteroatoms. The van der Waals surface area contributed by atoms with Crippen LogP contribution < -0.4 is 15.0 Å². The van der Waals surface area contributed by atoms with E-state index in [9.17, 15) is 4.79 Å². The standard InChI is InChI=1S/C26H30N6O3S/c1-2-15-36-26-29-24(31-11-13-34-14-12-31)22-17-28-32(25(22)30-26)10-9-27-23(33)18-35-21-8-7-19-5-3-4-6-20(19)16-21/h3-8,16-17H,2,9-15,18H2,1H3,(H,27,33). The van der Waals surface area contributed by atoms with E-state index in [-0.39, 0.29) is 12.5 Å². The number of amides is 1. The number of rotatable bonds is 10. The van der Waals surface area contributed by atoms with E-state index in [1.807, 2.05) is 53.3 Å². The molecule has 188 valence electrons. The molecule has 0 radical (unpaired) electrons. The van der Waals surface area contributed by atoms with Gasteiger partial charge in [-0.2, -0.15) is 5.10 Å². The number of morpholine rings is 1. The lowest BCUT2D eigenvalue weighted by Crippen LogP contribution is -2.37. The molecule has 0 aliphatic carbocycles. The molecular weight excluding hydrogens is 476 g/mol. The summed E-state index contributed by atoms with van der Waals surface area (Å²) in [6.45, 7) is 5.98. The highest BCUT2D eigenvalue weighted by Gasteiger charge is 2.20. The van der Waals surface area contributed by atoms with Crippen molar-refractivity contribution >= 4 is 45.3 Å². The Bertz CT molecular complexity index is 1340. The van der Waals surface area contributed by atoms with E-state index in [0.717, 1.165) is 58.0 Å². The van der Waals surface area contributed by atoms with Gasteiger partial charge in [0.1, 0.15) is 11.6 Å². The number of aromatic nitrogens is 4. The van der Waals surface area contributed by atoms with E-state index in [1.54, 1.807) is 11.8 Å². The first kappa shape index (κ1) is 24.3. The second-order valence-electron chi connectivity index (χ2n) is 8.53. The lowest BCUT2D eigenvalue weighted by atomic mass is 10.1. The Morgan fingerprint density at radius 2 is 1.97 bits per heavy atom. The van der Waals surface area contributed by atoms with Crippen molar-refractivity contribution in [3.05, 3.63) is 48.7 Å². The predicted molar refractivity (Wildman–Crippen MR) is 142 cm³/mol. The van der Waals surface area contributed by atoms with Gasteiger partial charge in [-0.15, -0.1) is 0 Å². The molecule has 1 saturated heterocycles. The number of ether oxygens (including phenoxy) is 2. The lowest BCUT2D eigenvalue weighted by molar-refractivity contribution is -0.123. The molecular formula is C26H30N6O3S. The first-order chi connectivity index (χ1) is 17.7. The summed E-state index contributed by atoms with van der Waals surface area (Å²) in [4.78, 5) is 24.3. The van der Waals surface area contributed by atoms with Crippen LogP contribution in [0.2, 0.25) is 0 Å². The zero-order valence-electron chi connectivity index (χ0n) is 20.4. The first-order valence-corrected chi connectivity index (χ1v) is 13.3. The number of nitrogens with zero attached hydrogens (tertiary/aromatic N) is 5. The van der Waals surface area contributed by atoms with Crippen molar-refractivity contribution in [3.63, 3.8) is 0 Å². The number of thioether (sulfide) groups is 1. The quantitative estimate of drug-likeness (QED) is 0.258. The summed E-state index contributed by atoms with van der Waals surface area (Å²) in [6.07, 6.45) is 2.87. The normalized spacial score (nSPS) is 13.9. The van der Waals surface area contributed by atoms with Crippen molar-refractivity contribution in [3.8, 4) is 5.75 Å². The van der Waals surface area contributed by atoms with Gasteiger partial charge in [0.05, 0.1) is 31.3 Å². The summed E-state index contributed by atoms with van der Waals surface area (Å²) < 4.78 is 13.0. The van der Waals surface area contributed by atoms with E-state index in [1.165, 1.54) is 0 Å². The molecule has 1 aliphatic heterocycles. The van der Waals surface area contributed by atoms with E-state index in [2.05, 4.69) is 22.2 Å². The maximum atomic E-state index is 12.4. The Labute approximate surface area is 214 Å². The fourth-order valence-electron chi connectivity index (χ4n) is 4.12. The summed E-state index contributed by atoms with van der Waals surface area (Å²) in [5.41, 5.74) is 0.784. The number of anilines is 1. The third-order valence-electron chi connectivity index (χ3n) is 5.94. The van der Waals surface area contributed by atoms with E-state index < -0.39 is 0 Å². The number of carbonyl (C=O) groups excluding carboxylic acids is 1. The molecule has 1 amide bonds. The molecule has 1 fully saturated rings. The molecule has 2 aromatic heterocycles. The minimum atomic E-state index is -0.178. The van der Waals surface area contributed by atoms with Gasteiger partial charge in [-0.25, -0.2) is 14.6 Å². The number of hydrogen-bond donors (Lipinski definition) is 1. The Balaban J connectivity index is 1.21. The topological polar surface area (TPSA) is 94.4 Å². The number of benzene rings is 2. The van der Waals surface area contributed by atoms with Gasteiger partial charge in [0.15, 0.2) is 17.4 Å². The smallest absolute Gasteiger partial charge is 0.258 e. The summed E-state index contributed by atoms with van der Waals surface area (Å²) in [5.74, 6) is 2.35. The Morgan fingerprint density at radius 3 is 2.81 bits per heavy atom. The minimum absolute atomic E-state index is 0.0423. The third-order valence-corrected chi connectivity index (χ3v) is 6.99. The van der Waals surface area contributed by atoms with Gasteiger partial charge in [-0.05, 0) is 29.3 Å². The molecule has 0 atom stereocenters. The summed E-state index contributed by atoms with van der Waals surface area (Å²) in [5, 5.41) is 11.4. The molecule has 4 aromatic rings. The van der Waals surface area contributed by atoms with Crippen molar-refractivity contribution < 1.29 is 14.3 Å². The van der Waals surface area contributed by atoms with Gasteiger partial charge in [-0.3, -0.25) is 4.79 Å². The maximum absolute atomic E-state index is 12.4. The minimum Gasteiger partial charge on any atom is -0.484 e. The fourth-order valence-corrected chi connectivity index (χ4v) is 4.81. The summed E-state index contributed by atoms with van der Waals surface area (Å²) in [7, 11) is 0. The van der Waals surface area contributed by atoms with Crippen LogP contribution in [-0.2, 0) is 16.1 Å². The van der Waals surface area contributed by atoms with Crippen LogP contribution in [0, 0.1) is 0 Å². The fraction of sp³-hybridized carbons (Fsp3) is 0.385. The van der Waals surface area contributed by atoms with Gasteiger partial charge in [0, 0.05) is 25.4 Å². The van der Waals surface area contributed by atoms with Gasteiger partial charge in [0.25, 0.3) is 5.91 Å². The molecule has 1 aliphatic rings. The largest absolute Gasteiger partial charge is 0.484 e. The van der Waals surface area contributed by atoms with Crippen molar-refractivity contribution in [2.45, 2.75) is 25.0 Å². The summed E-state index contributed by atoms with van der Waals surface area (Å²) in [6, 6.07) is 13.9. The van der Waals surface area contributed by atoms with Crippen LogP contribution in [0.3, 0.4) is 0 Å². The number of hydrogen-bond acceptors (Lipinski definition) is 8. The van der Waals surface area contributed by atoms with Crippen molar-refractivity contribution in [1.82, 2.24) is 25.1 Å². The second kappa shape index (κ2) is 11.6. The van der Waals surface area contributed by atoms with Crippen LogP contribution in [0.1, 0.15) is 13.3 Å². The summed E-state index contributed by atoms with van der Waals surface area (Å²) >= 11 is 1.65. The molecule has 0 unspecified atom stereocenters. The highest BCUT2D eigenvalue weighted by Crippen LogP contribution is 2.28. The number of nitrogens with one attached hydrogen (secondary N) is 1. The van der Waals surface area contributed by atoms with Crippen LogP contribution in [0.25, 0.3) is 21.8 Å². The van der Waals surface area contributed by atoms with Gasteiger partial charge < -0.3 is 19.7 Å². The van der Waals surface area contributed by atoms with Crippen molar-refractivity contribution in [1.29, 1.82) is 0 Å². The molecule has 2 aromatic carbocycles. The Morgan fingerprint density at radius 1 is 1.14 bits per heavy atom. The highest BCUT2D eigenvalue weighted by molar-refractivity contribution is 7.99. The number of carbonyl (C=O) groups is 1. The second-order valence-corrected chi connectivity index (χ2v) is 9.59. The van der Waals surface area contributed by atoms with Gasteiger partial charge >= 0.3 is 0 Å². The van der Waals surface area contributed by atoms with E-state index in [0.29, 0.717) is 32.1 Å². The third kappa shape index (κ3) is 5.71. The maximum Gasteiger partial charge on any atom is 0.258 e. The molecule has 0 spiro atoms. The predicted octanol–water partition coefficient (Wildman–Crippen LogP) is 3.51. The molecule has 9 nitrogen and oxygen atoms in total. The van der Waals surface area contributed by atoms with Crippen LogP contribution in [-0.4, -0.2) is 70.9 Å². The molecule has 5 rings (SSSR count). The SMILES string of the molecule is CCCSc1nc(N2CCOCC2)c2cnn(CCNC(=O)COc3ccc4ccccc4c3)c2n1. The zero-order chi connectivity index (χ0) is 24.7. The monoisotopic (exact) mass is 506 g/mol. The van der Waals surface area contributed by atoms with E-state index >= 15 is 0 Å². The van der Waals surface area contributed by atoms with Crippen LogP contribution in [0.15, 0.2) is 53.8 Å².